The van der Waals surface area contributed by atoms with E-state index in [4.69, 9.17) is 9.26 Å². The third kappa shape index (κ3) is 3.79. The molecule has 0 saturated carbocycles. The van der Waals surface area contributed by atoms with Gasteiger partial charge in [0, 0.05) is 18.2 Å². The van der Waals surface area contributed by atoms with Crippen LogP contribution >= 0.6 is 0 Å². The minimum absolute atomic E-state index is 0.0121. The normalized spacial score (nSPS) is 21.1. The minimum atomic E-state index is 0.0121. The first-order valence-electron chi connectivity index (χ1n) is 8.01. The van der Waals surface area contributed by atoms with Crippen LogP contribution in [0, 0.1) is 13.8 Å². The maximum Gasteiger partial charge on any atom is 0.224 e. The number of nitrogens with one attached hydrogen (secondary N) is 1. The van der Waals surface area contributed by atoms with E-state index < -0.39 is 0 Å². The van der Waals surface area contributed by atoms with E-state index in [1.807, 2.05) is 32.0 Å². The Morgan fingerprint density at radius 3 is 2.78 bits per heavy atom. The Labute approximate surface area is 136 Å². The van der Waals surface area contributed by atoms with Crippen molar-refractivity contribution in [1.29, 1.82) is 0 Å². The molecule has 2 atom stereocenters. The molecule has 0 unspecified atom stereocenters. The van der Waals surface area contributed by atoms with Crippen LogP contribution < -0.4 is 5.32 Å². The first-order valence-corrected chi connectivity index (χ1v) is 8.01. The monoisotopic (exact) mass is 314 g/mol. The first-order chi connectivity index (χ1) is 11.1. The summed E-state index contributed by atoms with van der Waals surface area (Å²) >= 11 is 0. The van der Waals surface area contributed by atoms with E-state index in [0.29, 0.717) is 18.8 Å². The predicted molar refractivity (Wildman–Crippen MR) is 86.0 cm³/mol. The van der Waals surface area contributed by atoms with Gasteiger partial charge in [-0.3, -0.25) is 4.79 Å². The lowest BCUT2D eigenvalue weighted by Crippen LogP contribution is -2.40. The van der Waals surface area contributed by atoms with Gasteiger partial charge in [-0.1, -0.05) is 35.5 Å². The fourth-order valence-corrected chi connectivity index (χ4v) is 3.02. The molecule has 1 amide bonds. The van der Waals surface area contributed by atoms with Crippen LogP contribution in [0.2, 0.25) is 0 Å². The Morgan fingerprint density at radius 2 is 2.09 bits per heavy atom. The maximum atomic E-state index is 12.3. The summed E-state index contributed by atoms with van der Waals surface area (Å²) in [7, 11) is 0. The molecule has 2 heterocycles. The molecule has 1 N–H and O–H groups in total. The molecular formula is C18H22N2O3. The van der Waals surface area contributed by atoms with Gasteiger partial charge in [0.1, 0.15) is 5.76 Å². The smallest absolute Gasteiger partial charge is 0.224 e. The molecule has 5 heteroatoms. The molecule has 0 aliphatic carbocycles. The van der Waals surface area contributed by atoms with Crippen LogP contribution in [0.4, 0.5) is 0 Å². The topological polar surface area (TPSA) is 64.4 Å². The number of aromatic nitrogens is 1. The van der Waals surface area contributed by atoms with Crippen LogP contribution in [0.1, 0.15) is 41.5 Å². The number of aryl methyl sites for hydroxylation is 2. The molecule has 23 heavy (non-hydrogen) atoms. The van der Waals surface area contributed by atoms with E-state index in [1.165, 1.54) is 0 Å². The molecule has 1 aliphatic heterocycles. The van der Waals surface area contributed by atoms with Crippen molar-refractivity contribution in [2.24, 2.45) is 0 Å². The molecule has 1 aromatic carbocycles. The third-order valence-corrected chi connectivity index (χ3v) is 4.34. The SMILES string of the molecule is Cc1noc(C)c1CC(=O)N[C@H]1CCO[C@@H](c2ccccc2)C1. The van der Waals surface area contributed by atoms with Crippen molar-refractivity contribution >= 4 is 5.91 Å². The maximum absolute atomic E-state index is 12.3. The van der Waals surface area contributed by atoms with Crippen LogP contribution in [0.3, 0.4) is 0 Å². The zero-order valence-corrected chi connectivity index (χ0v) is 13.5. The van der Waals surface area contributed by atoms with Crippen LogP contribution in [-0.4, -0.2) is 23.7 Å². The van der Waals surface area contributed by atoms with Gasteiger partial charge in [-0.15, -0.1) is 0 Å². The lowest BCUT2D eigenvalue weighted by atomic mass is 9.97. The Hall–Kier alpha value is -2.14. The predicted octanol–water partition coefficient (Wildman–Crippen LogP) is 2.87. The summed E-state index contributed by atoms with van der Waals surface area (Å²) in [5, 5.41) is 7.02. The van der Waals surface area contributed by atoms with Gasteiger partial charge in [0.15, 0.2) is 0 Å². The highest BCUT2D eigenvalue weighted by Gasteiger charge is 2.25. The highest BCUT2D eigenvalue weighted by molar-refractivity contribution is 5.79. The molecule has 2 aromatic rings. The highest BCUT2D eigenvalue weighted by Crippen LogP contribution is 2.28. The first kappa shape index (κ1) is 15.7. The van der Waals surface area contributed by atoms with Crippen LogP contribution in [-0.2, 0) is 16.0 Å². The summed E-state index contributed by atoms with van der Waals surface area (Å²) in [4.78, 5) is 12.3. The van der Waals surface area contributed by atoms with Gasteiger partial charge in [0.25, 0.3) is 0 Å². The molecule has 5 nitrogen and oxygen atoms in total. The molecule has 1 fully saturated rings. The average molecular weight is 314 g/mol. The molecule has 3 rings (SSSR count). The largest absolute Gasteiger partial charge is 0.373 e. The summed E-state index contributed by atoms with van der Waals surface area (Å²) < 4.78 is 11.0. The van der Waals surface area contributed by atoms with E-state index in [0.717, 1.165) is 29.7 Å². The van der Waals surface area contributed by atoms with Gasteiger partial charge in [-0.05, 0) is 32.3 Å². The van der Waals surface area contributed by atoms with Crippen molar-refractivity contribution in [2.45, 2.75) is 45.3 Å². The van der Waals surface area contributed by atoms with Crippen LogP contribution in [0.15, 0.2) is 34.9 Å². The Bertz CT molecular complexity index is 647. The van der Waals surface area contributed by atoms with Crippen LogP contribution in [0.25, 0.3) is 0 Å². The number of hydrogen-bond donors (Lipinski definition) is 1. The van der Waals surface area contributed by atoms with E-state index in [2.05, 4.69) is 22.6 Å². The second kappa shape index (κ2) is 6.96. The quantitative estimate of drug-likeness (QED) is 0.942. The number of rotatable bonds is 4. The molecule has 0 spiro atoms. The zero-order chi connectivity index (χ0) is 16.2. The number of benzene rings is 1. The Kier molecular flexibility index (Phi) is 4.76. The average Bonchev–Trinajstić information content (AvgIpc) is 2.88. The Balaban J connectivity index is 1.58. The molecular weight excluding hydrogens is 292 g/mol. The second-order valence-corrected chi connectivity index (χ2v) is 6.04. The van der Waals surface area contributed by atoms with E-state index in [-0.39, 0.29) is 18.1 Å². The van der Waals surface area contributed by atoms with Crippen molar-refractivity contribution in [1.82, 2.24) is 10.5 Å². The van der Waals surface area contributed by atoms with Crippen molar-refractivity contribution in [3.63, 3.8) is 0 Å². The van der Waals surface area contributed by atoms with Crippen molar-refractivity contribution < 1.29 is 14.1 Å². The van der Waals surface area contributed by atoms with E-state index in [1.54, 1.807) is 0 Å². The van der Waals surface area contributed by atoms with Gasteiger partial charge in [-0.25, -0.2) is 0 Å². The van der Waals surface area contributed by atoms with Gasteiger partial charge in [-0.2, -0.15) is 0 Å². The molecule has 122 valence electrons. The number of amides is 1. The van der Waals surface area contributed by atoms with Crippen molar-refractivity contribution in [3.8, 4) is 0 Å². The fraction of sp³-hybridized carbons (Fsp3) is 0.444. The lowest BCUT2D eigenvalue weighted by Gasteiger charge is -2.30. The summed E-state index contributed by atoms with van der Waals surface area (Å²) in [5.74, 6) is 0.727. The number of nitrogens with zero attached hydrogens (tertiary/aromatic N) is 1. The minimum Gasteiger partial charge on any atom is -0.373 e. The number of carbonyl (C=O) groups is 1. The summed E-state index contributed by atoms with van der Waals surface area (Å²) in [6, 6.07) is 10.3. The highest BCUT2D eigenvalue weighted by atomic mass is 16.5. The number of carbonyl (C=O) groups excluding carboxylic acids is 1. The summed E-state index contributed by atoms with van der Waals surface area (Å²) in [5.41, 5.74) is 2.83. The van der Waals surface area contributed by atoms with Gasteiger partial charge in [0.05, 0.1) is 18.2 Å². The zero-order valence-electron chi connectivity index (χ0n) is 13.5. The third-order valence-electron chi connectivity index (χ3n) is 4.34. The van der Waals surface area contributed by atoms with E-state index in [9.17, 15) is 4.79 Å². The summed E-state index contributed by atoms with van der Waals surface area (Å²) in [6.45, 7) is 4.36. The van der Waals surface area contributed by atoms with Crippen molar-refractivity contribution in [2.75, 3.05) is 6.61 Å². The van der Waals surface area contributed by atoms with Crippen molar-refractivity contribution in [3.05, 3.63) is 52.9 Å². The molecule has 0 bridgehead atoms. The van der Waals surface area contributed by atoms with Gasteiger partial charge < -0.3 is 14.6 Å². The standard InChI is InChI=1S/C18H22N2O3/c1-12-16(13(2)23-20-12)11-18(21)19-15-8-9-22-17(10-15)14-6-4-3-5-7-14/h3-7,15,17H,8-11H2,1-2H3,(H,19,21)/t15-,17+/m0/s1. The summed E-state index contributed by atoms with van der Waals surface area (Å²) in [6.07, 6.45) is 2.01. The molecule has 0 radical (unpaired) electrons. The molecule has 1 aliphatic rings. The van der Waals surface area contributed by atoms with E-state index >= 15 is 0 Å². The molecule has 1 saturated heterocycles. The fourth-order valence-electron chi connectivity index (χ4n) is 3.02. The number of ether oxygens (including phenoxy) is 1. The lowest BCUT2D eigenvalue weighted by molar-refractivity contribution is -0.122. The second-order valence-electron chi connectivity index (χ2n) is 6.04. The van der Waals surface area contributed by atoms with Gasteiger partial charge >= 0.3 is 0 Å². The molecule has 1 aromatic heterocycles. The number of hydrogen-bond acceptors (Lipinski definition) is 4. The van der Waals surface area contributed by atoms with Crippen LogP contribution in [0.5, 0.6) is 0 Å². The Morgan fingerprint density at radius 1 is 1.30 bits per heavy atom. The van der Waals surface area contributed by atoms with Gasteiger partial charge in [0.2, 0.25) is 5.91 Å².